The van der Waals surface area contributed by atoms with E-state index in [9.17, 15) is 9.59 Å². The molecule has 0 fully saturated rings. The lowest BCUT2D eigenvalue weighted by molar-refractivity contribution is -0.139. The predicted molar refractivity (Wildman–Crippen MR) is 88.2 cm³/mol. The number of carbonyl (C=O) groups is 2. The topological polar surface area (TPSA) is 93.5 Å². The Morgan fingerprint density at radius 1 is 1.25 bits per heavy atom. The highest BCUT2D eigenvalue weighted by Gasteiger charge is 2.13. The maximum atomic E-state index is 12.3. The number of amides is 1. The molecule has 2 N–H and O–H groups in total. The van der Waals surface area contributed by atoms with E-state index in [1.54, 1.807) is 36.9 Å². The number of carboxylic acids is 1. The summed E-state index contributed by atoms with van der Waals surface area (Å²) in [5, 5.41) is 15.7. The second kappa shape index (κ2) is 7.16. The van der Waals surface area contributed by atoms with Gasteiger partial charge in [-0.1, -0.05) is 0 Å². The molecule has 0 radical (unpaired) electrons. The Morgan fingerprint density at radius 3 is 2.38 bits per heavy atom. The van der Waals surface area contributed by atoms with E-state index < -0.39 is 12.6 Å². The molecule has 2 rings (SSSR count). The second-order valence-corrected chi connectivity index (χ2v) is 5.68. The van der Waals surface area contributed by atoms with Gasteiger partial charge in [0.1, 0.15) is 5.75 Å². The van der Waals surface area contributed by atoms with Crippen molar-refractivity contribution < 1.29 is 19.4 Å². The van der Waals surface area contributed by atoms with Gasteiger partial charge in [0.15, 0.2) is 6.61 Å². The van der Waals surface area contributed by atoms with Gasteiger partial charge in [-0.2, -0.15) is 5.10 Å². The van der Waals surface area contributed by atoms with Crippen molar-refractivity contribution in [3.63, 3.8) is 0 Å². The first-order chi connectivity index (χ1) is 11.3. The number of hydrogen-bond acceptors (Lipinski definition) is 4. The smallest absolute Gasteiger partial charge is 0.341 e. The van der Waals surface area contributed by atoms with E-state index in [1.165, 1.54) is 0 Å². The number of aromatic nitrogens is 2. The molecule has 128 valence electrons. The fraction of sp³-hybridized carbons (Fsp3) is 0.353. The lowest BCUT2D eigenvalue weighted by Crippen LogP contribution is -2.23. The third kappa shape index (κ3) is 3.92. The molecule has 0 atom stereocenters. The minimum Gasteiger partial charge on any atom is -0.481 e. The van der Waals surface area contributed by atoms with E-state index in [-0.39, 0.29) is 5.91 Å². The first kappa shape index (κ1) is 17.5. The number of aliphatic carboxylic acids is 1. The number of hydrogen-bond donors (Lipinski definition) is 2. The maximum Gasteiger partial charge on any atom is 0.341 e. The molecular weight excluding hydrogens is 310 g/mol. The molecule has 0 saturated heterocycles. The van der Waals surface area contributed by atoms with Gasteiger partial charge in [-0.05, 0) is 44.0 Å². The summed E-state index contributed by atoms with van der Waals surface area (Å²) < 4.78 is 7.02. The molecule has 0 spiro atoms. The fourth-order valence-corrected chi connectivity index (χ4v) is 2.44. The number of nitrogens with one attached hydrogen (secondary N) is 1. The van der Waals surface area contributed by atoms with Crippen LogP contribution in [0.15, 0.2) is 18.3 Å². The number of aryl methyl sites for hydroxylation is 3. The van der Waals surface area contributed by atoms with Gasteiger partial charge in [-0.25, -0.2) is 4.79 Å². The van der Waals surface area contributed by atoms with Gasteiger partial charge in [0.05, 0.1) is 6.20 Å². The molecule has 24 heavy (non-hydrogen) atoms. The highest BCUT2D eigenvalue weighted by atomic mass is 16.5. The molecule has 7 heteroatoms. The van der Waals surface area contributed by atoms with Crippen molar-refractivity contribution in [3.8, 4) is 5.75 Å². The van der Waals surface area contributed by atoms with E-state index in [0.717, 1.165) is 22.4 Å². The Hall–Kier alpha value is -2.83. The number of ether oxygens (including phenoxy) is 1. The molecule has 7 nitrogen and oxygen atoms in total. The van der Waals surface area contributed by atoms with Gasteiger partial charge in [0.2, 0.25) is 0 Å². The molecule has 1 aromatic carbocycles. The monoisotopic (exact) mass is 331 g/mol. The van der Waals surface area contributed by atoms with E-state index in [1.807, 2.05) is 14.0 Å². The zero-order valence-electron chi connectivity index (χ0n) is 14.2. The van der Waals surface area contributed by atoms with E-state index >= 15 is 0 Å². The summed E-state index contributed by atoms with van der Waals surface area (Å²) in [6, 6.07) is 3.38. The molecule has 0 bridgehead atoms. The minimum absolute atomic E-state index is 0.200. The summed E-state index contributed by atoms with van der Waals surface area (Å²) in [5.41, 5.74) is 3.91. The Morgan fingerprint density at radius 2 is 1.88 bits per heavy atom. The predicted octanol–water partition coefficient (Wildman–Crippen LogP) is 1.74. The summed E-state index contributed by atoms with van der Waals surface area (Å²) in [6.07, 6.45) is 1.73. The maximum absolute atomic E-state index is 12.3. The summed E-state index contributed by atoms with van der Waals surface area (Å²) in [4.78, 5) is 23.0. The molecule has 0 saturated carbocycles. The summed E-state index contributed by atoms with van der Waals surface area (Å²) in [6.45, 7) is 5.50. The van der Waals surface area contributed by atoms with Crippen LogP contribution in [0, 0.1) is 20.8 Å². The third-order valence-corrected chi connectivity index (χ3v) is 3.84. The van der Waals surface area contributed by atoms with E-state index in [0.29, 0.717) is 17.9 Å². The normalized spacial score (nSPS) is 10.5. The molecule has 1 heterocycles. The van der Waals surface area contributed by atoms with Gasteiger partial charge < -0.3 is 15.2 Å². The van der Waals surface area contributed by atoms with Crippen molar-refractivity contribution in [2.75, 3.05) is 6.61 Å². The van der Waals surface area contributed by atoms with Crippen LogP contribution in [0.5, 0.6) is 5.75 Å². The Bertz CT molecular complexity index is 757. The van der Waals surface area contributed by atoms with Crippen LogP contribution in [-0.4, -0.2) is 33.4 Å². The Balaban J connectivity index is 2.09. The molecule has 0 aliphatic heterocycles. The molecule has 2 aromatic rings. The highest BCUT2D eigenvalue weighted by molar-refractivity contribution is 5.94. The summed E-state index contributed by atoms with van der Waals surface area (Å²) in [5.74, 6) is -0.742. The number of carbonyl (C=O) groups excluding carboxylic acids is 1. The van der Waals surface area contributed by atoms with Crippen molar-refractivity contribution in [1.29, 1.82) is 0 Å². The van der Waals surface area contributed by atoms with Gasteiger partial charge in [0.25, 0.3) is 5.91 Å². The van der Waals surface area contributed by atoms with Gasteiger partial charge in [-0.3, -0.25) is 9.48 Å². The molecular formula is C17H21N3O4. The molecule has 1 amide bonds. The molecule has 1 aromatic heterocycles. The Kier molecular flexibility index (Phi) is 5.23. The van der Waals surface area contributed by atoms with Crippen LogP contribution in [0.3, 0.4) is 0 Å². The SMILES string of the molecule is Cc1cc(C(=O)NCc2cnn(C)c2C)cc(C)c1OCC(=O)O. The lowest BCUT2D eigenvalue weighted by atomic mass is 10.0. The number of carboxylic acid groups (broad SMARTS) is 1. The van der Waals surface area contributed by atoms with Gasteiger partial charge in [0, 0.05) is 30.4 Å². The van der Waals surface area contributed by atoms with E-state index in [2.05, 4.69) is 10.4 Å². The van der Waals surface area contributed by atoms with Gasteiger partial charge in [-0.15, -0.1) is 0 Å². The quantitative estimate of drug-likeness (QED) is 0.841. The van der Waals surface area contributed by atoms with Crippen molar-refractivity contribution in [3.05, 3.63) is 46.3 Å². The first-order valence-electron chi connectivity index (χ1n) is 7.51. The second-order valence-electron chi connectivity index (χ2n) is 5.68. The molecule has 0 aliphatic carbocycles. The summed E-state index contributed by atoms with van der Waals surface area (Å²) in [7, 11) is 1.85. The van der Waals surface area contributed by atoms with Crippen LogP contribution in [-0.2, 0) is 18.4 Å². The standard InChI is InChI=1S/C17H21N3O4/c1-10-5-13(6-11(2)16(10)24-9-15(21)22)17(23)18-7-14-8-19-20(4)12(14)3/h5-6,8H,7,9H2,1-4H3,(H,18,23)(H,21,22). The van der Waals surface area contributed by atoms with Crippen LogP contribution in [0.2, 0.25) is 0 Å². The minimum atomic E-state index is -1.04. The van der Waals surface area contributed by atoms with Crippen LogP contribution in [0.25, 0.3) is 0 Å². The zero-order valence-corrected chi connectivity index (χ0v) is 14.2. The van der Waals surface area contributed by atoms with Crippen LogP contribution >= 0.6 is 0 Å². The number of benzene rings is 1. The molecule has 0 aliphatic rings. The van der Waals surface area contributed by atoms with Gasteiger partial charge >= 0.3 is 5.97 Å². The number of rotatable bonds is 6. The fourth-order valence-electron chi connectivity index (χ4n) is 2.44. The first-order valence-corrected chi connectivity index (χ1v) is 7.51. The zero-order chi connectivity index (χ0) is 17.9. The van der Waals surface area contributed by atoms with Crippen LogP contribution in [0.4, 0.5) is 0 Å². The largest absolute Gasteiger partial charge is 0.481 e. The Labute approximate surface area is 140 Å². The van der Waals surface area contributed by atoms with Crippen molar-refractivity contribution in [1.82, 2.24) is 15.1 Å². The van der Waals surface area contributed by atoms with E-state index in [4.69, 9.17) is 9.84 Å². The molecule has 0 unspecified atom stereocenters. The van der Waals surface area contributed by atoms with Crippen molar-refractivity contribution >= 4 is 11.9 Å². The van der Waals surface area contributed by atoms with Crippen molar-refractivity contribution in [2.24, 2.45) is 7.05 Å². The van der Waals surface area contributed by atoms with Crippen molar-refractivity contribution in [2.45, 2.75) is 27.3 Å². The third-order valence-electron chi connectivity index (χ3n) is 3.84. The highest BCUT2D eigenvalue weighted by Crippen LogP contribution is 2.25. The average molecular weight is 331 g/mol. The lowest BCUT2D eigenvalue weighted by Gasteiger charge is -2.13. The number of nitrogens with zero attached hydrogens (tertiary/aromatic N) is 2. The average Bonchev–Trinajstić information content (AvgIpc) is 2.83. The van der Waals surface area contributed by atoms with Crippen LogP contribution < -0.4 is 10.1 Å². The van der Waals surface area contributed by atoms with Crippen LogP contribution in [0.1, 0.15) is 32.7 Å². The summed E-state index contributed by atoms with van der Waals surface area (Å²) >= 11 is 0.